The van der Waals surface area contributed by atoms with E-state index in [1.54, 1.807) is 0 Å². The largest absolute Gasteiger partial charge is 0.366 e. The van der Waals surface area contributed by atoms with Gasteiger partial charge in [-0.3, -0.25) is 10.1 Å². The SMILES string of the molecule is CN1CCN(c2c(F)cc([N+](=O)[O-])cc2Br)CC1. The average Bonchev–Trinajstić information content (AvgIpc) is 2.30. The lowest BCUT2D eigenvalue weighted by Crippen LogP contribution is -2.45. The van der Waals surface area contributed by atoms with Crippen LogP contribution in [0.4, 0.5) is 15.8 Å². The lowest BCUT2D eigenvalue weighted by atomic mass is 10.2. The first-order valence-corrected chi connectivity index (χ1v) is 6.35. The molecule has 0 bridgehead atoms. The number of piperazine rings is 1. The third kappa shape index (κ3) is 2.62. The first-order chi connectivity index (χ1) is 8.49. The smallest absolute Gasteiger partial charge is 0.273 e. The lowest BCUT2D eigenvalue weighted by Gasteiger charge is -2.34. The van der Waals surface area contributed by atoms with Crippen molar-refractivity contribution < 1.29 is 9.31 Å². The zero-order valence-corrected chi connectivity index (χ0v) is 11.5. The highest BCUT2D eigenvalue weighted by Gasteiger charge is 2.22. The lowest BCUT2D eigenvalue weighted by molar-refractivity contribution is -0.385. The molecule has 1 fully saturated rings. The van der Waals surface area contributed by atoms with Crippen LogP contribution in [-0.4, -0.2) is 43.0 Å². The first kappa shape index (κ1) is 13.2. The zero-order chi connectivity index (χ0) is 13.3. The fourth-order valence-corrected chi connectivity index (χ4v) is 2.66. The average molecular weight is 318 g/mol. The van der Waals surface area contributed by atoms with E-state index in [4.69, 9.17) is 0 Å². The second-order valence-corrected chi connectivity index (χ2v) is 5.16. The summed E-state index contributed by atoms with van der Waals surface area (Å²) in [6.07, 6.45) is 0. The van der Waals surface area contributed by atoms with Gasteiger partial charge in [-0.25, -0.2) is 4.39 Å². The van der Waals surface area contributed by atoms with Crippen molar-refractivity contribution in [2.24, 2.45) is 0 Å². The number of anilines is 1. The summed E-state index contributed by atoms with van der Waals surface area (Å²) >= 11 is 3.22. The Morgan fingerprint density at radius 1 is 1.33 bits per heavy atom. The Bertz CT molecular complexity index is 452. The van der Waals surface area contributed by atoms with E-state index in [2.05, 4.69) is 20.8 Å². The second kappa shape index (κ2) is 5.19. The topological polar surface area (TPSA) is 49.6 Å². The fourth-order valence-electron chi connectivity index (χ4n) is 1.99. The molecule has 0 spiro atoms. The Morgan fingerprint density at radius 2 is 1.94 bits per heavy atom. The number of likely N-dealkylation sites (N-methyl/N-ethyl adjacent to an activating group) is 1. The van der Waals surface area contributed by atoms with E-state index < -0.39 is 10.7 Å². The van der Waals surface area contributed by atoms with Crippen LogP contribution in [0.2, 0.25) is 0 Å². The summed E-state index contributed by atoms with van der Waals surface area (Å²) in [5, 5.41) is 10.6. The number of hydrogen-bond donors (Lipinski definition) is 0. The predicted molar refractivity (Wildman–Crippen MR) is 70.5 cm³/mol. The van der Waals surface area contributed by atoms with Gasteiger partial charge in [-0.15, -0.1) is 0 Å². The molecule has 0 atom stereocenters. The number of nitrogens with zero attached hydrogens (tertiary/aromatic N) is 3. The van der Waals surface area contributed by atoms with Gasteiger partial charge in [-0.1, -0.05) is 0 Å². The number of hydrogen-bond acceptors (Lipinski definition) is 4. The summed E-state index contributed by atoms with van der Waals surface area (Å²) in [5.74, 6) is -0.555. The van der Waals surface area contributed by atoms with Gasteiger partial charge in [0.05, 0.1) is 21.1 Å². The van der Waals surface area contributed by atoms with Gasteiger partial charge in [0.1, 0.15) is 0 Å². The molecule has 1 saturated heterocycles. The second-order valence-electron chi connectivity index (χ2n) is 4.31. The summed E-state index contributed by atoms with van der Waals surface area (Å²) in [6.45, 7) is 3.12. The molecule has 18 heavy (non-hydrogen) atoms. The van der Waals surface area contributed by atoms with E-state index in [9.17, 15) is 14.5 Å². The van der Waals surface area contributed by atoms with Gasteiger partial charge in [-0.2, -0.15) is 0 Å². The molecule has 0 radical (unpaired) electrons. The molecular formula is C11H13BrFN3O2. The summed E-state index contributed by atoms with van der Waals surface area (Å²) in [4.78, 5) is 14.1. The van der Waals surface area contributed by atoms with Crippen molar-refractivity contribution in [1.82, 2.24) is 4.90 Å². The first-order valence-electron chi connectivity index (χ1n) is 5.56. The van der Waals surface area contributed by atoms with Gasteiger partial charge < -0.3 is 9.80 Å². The number of nitro benzene ring substituents is 1. The van der Waals surface area contributed by atoms with Gasteiger partial charge in [0, 0.05) is 32.2 Å². The van der Waals surface area contributed by atoms with Crippen LogP contribution in [0.1, 0.15) is 0 Å². The standard InChI is InChI=1S/C11H13BrFN3O2/c1-14-2-4-15(5-3-14)11-9(12)6-8(16(17)18)7-10(11)13/h6-7H,2-5H2,1H3. The normalized spacial score (nSPS) is 16.9. The third-order valence-corrected chi connectivity index (χ3v) is 3.64. The Morgan fingerprint density at radius 3 is 2.44 bits per heavy atom. The van der Waals surface area contributed by atoms with Crippen LogP contribution in [0, 0.1) is 15.9 Å². The van der Waals surface area contributed by atoms with Crippen molar-refractivity contribution in [2.45, 2.75) is 0 Å². The van der Waals surface area contributed by atoms with Crippen LogP contribution >= 0.6 is 15.9 Å². The Labute approximate surface area is 112 Å². The quantitative estimate of drug-likeness (QED) is 0.620. The van der Waals surface area contributed by atoms with Crippen LogP contribution in [-0.2, 0) is 0 Å². The zero-order valence-electron chi connectivity index (χ0n) is 9.90. The Balaban J connectivity index is 2.31. The number of benzene rings is 1. The van der Waals surface area contributed by atoms with Crippen LogP contribution in [0.3, 0.4) is 0 Å². The molecule has 0 N–H and O–H groups in total. The molecule has 0 saturated carbocycles. The van der Waals surface area contributed by atoms with Crippen molar-refractivity contribution in [2.75, 3.05) is 38.1 Å². The minimum Gasteiger partial charge on any atom is -0.366 e. The summed E-state index contributed by atoms with van der Waals surface area (Å²) < 4.78 is 14.4. The molecule has 0 aliphatic carbocycles. The number of non-ortho nitro benzene ring substituents is 1. The molecule has 5 nitrogen and oxygen atoms in total. The van der Waals surface area contributed by atoms with Gasteiger partial charge in [-0.05, 0) is 23.0 Å². The predicted octanol–water partition coefficient (Wildman–Crippen LogP) is 2.25. The van der Waals surface area contributed by atoms with Crippen molar-refractivity contribution >= 4 is 27.3 Å². The van der Waals surface area contributed by atoms with Crippen LogP contribution < -0.4 is 4.90 Å². The molecule has 1 heterocycles. The number of rotatable bonds is 2. The molecule has 2 rings (SSSR count). The highest BCUT2D eigenvalue weighted by atomic mass is 79.9. The van der Waals surface area contributed by atoms with Crippen molar-refractivity contribution in [3.8, 4) is 0 Å². The van der Waals surface area contributed by atoms with Gasteiger partial charge in [0.25, 0.3) is 5.69 Å². The van der Waals surface area contributed by atoms with E-state index in [1.165, 1.54) is 6.07 Å². The number of nitro groups is 1. The maximum atomic E-state index is 14.0. The van der Waals surface area contributed by atoms with Crippen LogP contribution in [0.25, 0.3) is 0 Å². The Hall–Kier alpha value is -1.21. The van der Waals surface area contributed by atoms with E-state index in [0.717, 1.165) is 19.2 Å². The maximum Gasteiger partial charge on any atom is 0.273 e. The summed E-state index contributed by atoms with van der Waals surface area (Å²) in [6, 6.07) is 2.31. The monoisotopic (exact) mass is 317 g/mol. The van der Waals surface area contributed by atoms with Crippen LogP contribution in [0.5, 0.6) is 0 Å². The third-order valence-electron chi connectivity index (χ3n) is 3.03. The van der Waals surface area contributed by atoms with E-state index in [0.29, 0.717) is 23.2 Å². The minimum absolute atomic E-state index is 0.239. The molecular weight excluding hydrogens is 305 g/mol. The molecule has 98 valence electrons. The summed E-state index contributed by atoms with van der Waals surface area (Å²) in [5.41, 5.74) is 0.172. The van der Waals surface area contributed by atoms with Crippen LogP contribution in [0.15, 0.2) is 16.6 Å². The van der Waals surface area contributed by atoms with E-state index in [1.807, 2.05) is 11.9 Å². The van der Waals surface area contributed by atoms with Crippen molar-refractivity contribution in [3.63, 3.8) is 0 Å². The number of halogens is 2. The fraction of sp³-hybridized carbons (Fsp3) is 0.455. The molecule has 1 aromatic rings. The van der Waals surface area contributed by atoms with Crippen molar-refractivity contribution in [1.29, 1.82) is 0 Å². The maximum absolute atomic E-state index is 14.0. The highest BCUT2D eigenvalue weighted by molar-refractivity contribution is 9.10. The molecule has 1 aliphatic heterocycles. The minimum atomic E-state index is -0.596. The highest BCUT2D eigenvalue weighted by Crippen LogP contribution is 2.33. The Kier molecular flexibility index (Phi) is 3.82. The molecule has 1 aliphatic rings. The molecule has 7 heteroatoms. The van der Waals surface area contributed by atoms with Gasteiger partial charge in [0.15, 0.2) is 5.82 Å². The summed E-state index contributed by atoms with van der Waals surface area (Å²) in [7, 11) is 2.01. The molecule has 1 aromatic carbocycles. The molecule has 0 amide bonds. The van der Waals surface area contributed by atoms with Gasteiger partial charge >= 0.3 is 0 Å². The molecule has 0 unspecified atom stereocenters. The van der Waals surface area contributed by atoms with Crippen molar-refractivity contribution in [3.05, 3.63) is 32.5 Å². The van der Waals surface area contributed by atoms with Gasteiger partial charge in [0.2, 0.25) is 0 Å². The molecule has 0 aromatic heterocycles. The van der Waals surface area contributed by atoms with E-state index in [-0.39, 0.29) is 5.69 Å². The van der Waals surface area contributed by atoms with E-state index >= 15 is 0 Å².